The highest BCUT2D eigenvalue weighted by molar-refractivity contribution is 7.10. The van der Waals surface area contributed by atoms with E-state index in [0.717, 1.165) is 29.3 Å². The molecule has 1 N–H and O–H groups in total. The van der Waals surface area contributed by atoms with E-state index in [2.05, 4.69) is 10.2 Å². The zero-order valence-electron chi connectivity index (χ0n) is 15.3. The first kappa shape index (κ1) is 18.3. The third kappa shape index (κ3) is 4.26. The number of hydrogen-bond donors (Lipinski definition) is 1. The molecule has 0 aliphatic carbocycles. The summed E-state index contributed by atoms with van der Waals surface area (Å²) in [6, 6.07) is 15.2. The van der Waals surface area contributed by atoms with Crippen molar-refractivity contribution in [1.82, 2.24) is 4.90 Å². The molecule has 1 aliphatic rings. The number of anilines is 2. The van der Waals surface area contributed by atoms with Crippen LogP contribution < -0.4 is 10.2 Å². The van der Waals surface area contributed by atoms with Crippen molar-refractivity contribution in [2.75, 3.05) is 36.4 Å². The van der Waals surface area contributed by atoms with Gasteiger partial charge in [0.1, 0.15) is 0 Å². The van der Waals surface area contributed by atoms with Crippen LogP contribution in [0.5, 0.6) is 0 Å². The summed E-state index contributed by atoms with van der Waals surface area (Å²) in [5, 5.41) is 4.91. The van der Waals surface area contributed by atoms with Gasteiger partial charge in [0.15, 0.2) is 5.76 Å². The lowest BCUT2D eigenvalue weighted by Crippen LogP contribution is -2.48. The molecule has 0 unspecified atom stereocenters. The fraction of sp³-hybridized carbons (Fsp3) is 0.238. The van der Waals surface area contributed by atoms with Gasteiger partial charge >= 0.3 is 0 Å². The van der Waals surface area contributed by atoms with Crippen LogP contribution in [0.15, 0.2) is 64.6 Å². The van der Waals surface area contributed by atoms with Crippen molar-refractivity contribution in [1.29, 1.82) is 0 Å². The Morgan fingerprint density at radius 2 is 1.79 bits per heavy atom. The molecule has 3 aromatic rings. The summed E-state index contributed by atoms with van der Waals surface area (Å²) in [7, 11) is 0. The summed E-state index contributed by atoms with van der Waals surface area (Å²) in [4.78, 5) is 29.5. The number of amides is 2. The van der Waals surface area contributed by atoms with E-state index in [1.807, 2.05) is 46.7 Å². The smallest absolute Gasteiger partial charge is 0.289 e. The SMILES string of the molecule is O=C(Cc1cccs1)Nc1ccc(N2CCN(C(=O)c3ccco3)CC2)cc1. The Bertz CT molecular complexity index is 912. The van der Waals surface area contributed by atoms with Crippen LogP contribution in [0.25, 0.3) is 0 Å². The maximum absolute atomic E-state index is 12.3. The Labute approximate surface area is 167 Å². The summed E-state index contributed by atoms with van der Waals surface area (Å²) < 4.78 is 5.20. The van der Waals surface area contributed by atoms with Crippen LogP contribution in [0.4, 0.5) is 11.4 Å². The van der Waals surface area contributed by atoms with E-state index in [1.165, 1.54) is 6.26 Å². The molecule has 2 aromatic heterocycles. The van der Waals surface area contributed by atoms with Gasteiger partial charge in [-0.25, -0.2) is 0 Å². The van der Waals surface area contributed by atoms with Gasteiger partial charge < -0.3 is 19.5 Å². The lowest BCUT2D eigenvalue weighted by atomic mass is 10.2. The lowest BCUT2D eigenvalue weighted by molar-refractivity contribution is -0.115. The van der Waals surface area contributed by atoms with Crippen LogP contribution in [-0.4, -0.2) is 42.9 Å². The largest absolute Gasteiger partial charge is 0.459 e. The first-order valence-electron chi connectivity index (χ1n) is 9.19. The van der Waals surface area contributed by atoms with Crippen LogP contribution in [0, 0.1) is 0 Å². The third-order valence-corrected chi connectivity index (χ3v) is 5.61. The van der Waals surface area contributed by atoms with Crippen molar-refractivity contribution >= 4 is 34.5 Å². The molecule has 0 atom stereocenters. The topological polar surface area (TPSA) is 65.8 Å². The van der Waals surface area contributed by atoms with Crippen molar-refractivity contribution in [2.24, 2.45) is 0 Å². The summed E-state index contributed by atoms with van der Waals surface area (Å²) in [5.41, 5.74) is 1.87. The van der Waals surface area contributed by atoms with E-state index in [0.29, 0.717) is 25.3 Å². The van der Waals surface area contributed by atoms with Crippen molar-refractivity contribution in [3.8, 4) is 0 Å². The minimum Gasteiger partial charge on any atom is -0.459 e. The number of piperazine rings is 1. The van der Waals surface area contributed by atoms with Crippen LogP contribution in [0.3, 0.4) is 0 Å². The molecule has 7 heteroatoms. The summed E-state index contributed by atoms with van der Waals surface area (Å²) in [5.74, 6) is 0.310. The number of benzene rings is 1. The van der Waals surface area contributed by atoms with E-state index in [-0.39, 0.29) is 11.8 Å². The van der Waals surface area contributed by atoms with Crippen molar-refractivity contribution in [2.45, 2.75) is 6.42 Å². The highest BCUT2D eigenvalue weighted by Gasteiger charge is 2.23. The van der Waals surface area contributed by atoms with Gasteiger partial charge in [0.2, 0.25) is 5.91 Å². The molecule has 6 nitrogen and oxygen atoms in total. The van der Waals surface area contributed by atoms with Gasteiger partial charge in [0, 0.05) is 42.4 Å². The van der Waals surface area contributed by atoms with Gasteiger partial charge in [-0.3, -0.25) is 9.59 Å². The van der Waals surface area contributed by atoms with Crippen molar-refractivity contribution < 1.29 is 14.0 Å². The Balaban J connectivity index is 1.30. The van der Waals surface area contributed by atoms with E-state index in [1.54, 1.807) is 23.5 Å². The molecule has 1 aliphatic heterocycles. The molecule has 0 radical (unpaired) electrons. The average Bonchev–Trinajstić information content (AvgIpc) is 3.42. The number of carbonyl (C=O) groups excluding carboxylic acids is 2. The second kappa shape index (κ2) is 8.31. The fourth-order valence-corrected chi connectivity index (χ4v) is 3.96. The number of carbonyl (C=O) groups is 2. The molecular weight excluding hydrogens is 374 g/mol. The second-order valence-corrected chi connectivity index (χ2v) is 7.64. The minimum absolute atomic E-state index is 0.0137. The van der Waals surface area contributed by atoms with Gasteiger partial charge in [0.25, 0.3) is 5.91 Å². The first-order valence-corrected chi connectivity index (χ1v) is 10.1. The van der Waals surface area contributed by atoms with Crippen molar-refractivity contribution in [3.63, 3.8) is 0 Å². The van der Waals surface area contributed by atoms with E-state index in [4.69, 9.17) is 4.42 Å². The second-order valence-electron chi connectivity index (χ2n) is 6.61. The van der Waals surface area contributed by atoms with Gasteiger partial charge in [0.05, 0.1) is 12.7 Å². The monoisotopic (exact) mass is 395 g/mol. The maximum atomic E-state index is 12.3. The number of nitrogens with one attached hydrogen (secondary N) is 1. The van der Waals surface area contributed by atoms with E-state index < -0.39 is 0 Å². The van der Waals surface area contributed by atoms with Crippen LogP contribution in [0.1, 0.15) is 15.4 Å². The average molecular weight is 395 g/mol. The number of nitrogens with zero attached hydrogens (tertiary/aromatic N) is 2. The Hall–Kier alpha value is -3.06. The first-order chi connectivity index (χ1) is 13.7. The molecule has 0 bridgehead atoms. The number of hydrogen-bond acceptors (Lipinski definition) is 5. The molecule has 0 saturated carbocycles. The number of thiophene rings is 1. The highest BCUT2D eigenvalue weighted by Crippen LogP contribution is 2.21. The van der Waals surface area contributed by atoms with Crippen LogP contribution in [0.2, 0.25) is 0 Å². The number of furan rings is 1. The lowest BCUT2D eigenvalue weighted by Gasteiger charge is -2.35. The summed E-state index contributed by atoms with van der Waals surface area (Å²) in [6.45, 7) is 2.82. The quantitative estimate of drug-likeness (QED) is 0.718. The maximum Gasteiger partial charge on any atom is 0.289 e. The zero-order valence-corrected chi connectivity index (χ0v) is 16.2. The summed E-state index contributed by atoms with van der Waals surface area (Å²) >= 11 is 1.58. The van der Waals surface area contributed by atoms with Crippen LogP contribution >= 0.6 is 11.3 Å². The Morgan fingerprint density at radius 3 is 2.43 bits per heavy atom. The van der Waals surface area contributed by atoms with Gasteiger partial charge in [-0.05, 0) is 47.8 Å². The van der Waals surface area contributed by atoms with Crippen LogP contribution in [-0.2, 0) is 11.2 Å². The van der Waals surface area contributed by atoms with E-state index in [9.17, 15) is 9.59 Å². The van der Waals surface area contributed by atoms with Gasteiger partial charge in [-0.1, -0.05) is 6.07 Å². The predicted molar refractivity (Wildman–Crippen MR) is 110 cm³/mol. The molecule has 3 heterocycles. The Kier molecular flexibility index (Phi) is 5.43. The van der Waals surface area contributed by atoms with Gasteiger partial charge in [-0.15, -0.1) is 11.3 Å². The zero-order chi connectivity index (χ0) is 19.3. The predicted octanol–water partition coefficient (Wildman–Crippen LogP) is 3.48. The van der Waals surface area contributed by atoms with E-state index >= 15 is 0 Å². The third-order valence-electron chi connectivity index (χ3n) is 4.73. The standard InChI is InChI=1S/C21H21N3O3S/c25-20(15-18-3-2-14-28-18)22-16-5-7-17(8-6-16)23-9-11-24(12-10-23)21(26)19-4-1-13-27-19/h1-8,13-14H,9-12,15H2,(H,22,25). The molecule has 0 spiro atoms. The molecule has 4 rings (SSSR count). The molecule has 1 aromatic carbocycles. The molecule has 2 amide bonds. The molecule has 1 saturated heterocycles. The van der Waals surface area contributed by atoms with Gasteiger partial charge in [-0.2, -0.15) is 0 Å². The normalized spacial score (nSPS) is 14.1. The highest BCUT2D eigenvalue weighted by atomic mass is 32.1. The Morgan fingerprint density at radius 1 is 1.00 bits per heavy atom. The molecule has 144 valence electrons. The summed E-state index contributed by atoms with van der Waals surface area (Å²) in [6.07, 6.45) is 1.91. The molecular formula is C21H21N3O3S. The minimum atomic E-state index is -0.0616. The molecule has 1 fully saturated rings. The van der Waals surface area contributed by atoms with Crippen molar-refractivity contribution in [3.05, 3.63) is 70.8 Å². The fourth-order valence-electron chi connectivity index (χ4n) is 3.26. The number of rotatable bonds is 5. The molecule has 28 heavy (non-hydrogen) atoms.